The summed E-state index contributed by atoms with van der Waals surface area (Å²) in [7, 11) is 2.16. The van der Waals surface area contributed by atoms with Crippen molar-refractivity contribution < 1.29 is 4.74 Å². The SMILES string of the molecule is CN1CCC(Oc2ccccc2)c2ccc(-c3cnccn3)cc2C1. The molecule has 0 saturated carbocycles. The molecule has 1 aromatic heterocycles. The van der Waals surface area contributed by atoms with Crippen LogP contribution in [0, 0.1) is 0 Å². The zero-order valence-corrected chi connectivity index (χ0v) is 14.3. The Labute approximate surface area is 148 Å². The number of ether oxygens (including phenoxy) is 1. The highest BCUT2D eigenvalue weighted by atomic mass is 16.5. The van der Waals surface area contributed by atoms with E-state index in [9.17, 15) is 0 Å². The number of rotatable bonds is 3. The van der Waals surface area contributed by atoms with Crippen molar-refractivity contribution in [3.05, 3.63) is 78.2 Å². The predicted octanol–water partition coefficient (Wildman–Crippen LogP) is 4.10. The molecule has 1 aliphatic heterocycles. The number of hydrogen-bond acceptors (Lipinski definition) is 4. The molecule has 2 heterocycles. The molecule has 126 valence electrons. The van der Waals surface area contributed by atoms with E-state index in [1.54, 1.807) is 18.6 Å². The Bertz CT molecular complexity index is 836. The van der Waals surface area contributed by atoms with Crippen LogP contribution in [0.5, 0.6) is 5.75 Å². The Hall–Kier alpha value is -2.72. The van der Waals surface area contributed by atoms with Crippen LogP contribution in [0.1, 0.15) is 23.7 Å². The number of para-hydroxylation sites is 1. The minimum absolute atomic E-state index is 0.0678. The fourth-order valence-corrected chi connectivity index (χ4v) is 3.31. The summed E-state index contributed by atoms with van der Waals surface area (Å²) >= 11 is 0. The summed E-state index contributed by atoms with van der Waals surface area (Å²) in [6.07, 6.45) is 6.28. The molecule has 0 N–H and O–H groups in total. The Balaban J connectivity index is 1.69. The number of benzene rings is 2. The van der Waals surface area contributed by atoms with Gasteiger partial charge in [0.05, 0.1) is 11.9 Å². The largest absolute Gasteiger partial charge is 0.486 e. The van der Waals surface area contributed by atoms with E-state index in [4.69, 9.17) is 4.74 Å². The second-order valence-corrected chi connectivity index (χ2v) is 6.45. The Morgan fingerprint density at radius 2 is 1.96 bits per heavy atom. The van der Waals surface area contributed by atoms with Crippen molar-refractivity contribution in [3.8, 4) is 17.0 Å². The van der Waals surface area contributed by atoms with Gasteiger partial charge in [-0.2, -0.15) is 0 Å². The van der Waals surface area contributed by atoms with Crippen LogP contribution in [0.25, 0.3) is 11.3 Å². The van der Waals surface area contributed by atoms with Crippen molar-refractivity contribution >= 4 is 0 Å². The van der Waals surface area contributed by atoms with Crippen molar-refractivity contribution in [2.45, 2.75) is 19.1 Å². The zero-order valence-electron chi connectivity index (χ0n) is 14.3. The quantitative estimate of drug-likeness (QED) is 0.724. The summed E-state index contributed by atoms with van der Waals surface area (Å²) in [5.41, 5.74) is 4.56. The van der Waals surface area contributed by atoms with Crippen molar-refractivity contribution in [2.24, 2.45) is 0 Å². The molecular weight excluding hydrogens is 310 g/mol. The molecule has 1 aliphatic rings. The first-order chi connectivity index (χ1) is 12.3. The van der Waals surface area contributed by atoms with Gasteiger partial charge in [0.1, 0.15) is 11.9 Å². The van der Waals surface area contributed by atoms with Gasteiger partial charge in [-0.15, -0.1) is 0 Å². The summed E-state index contributed by atoms with van der Waals surface area (Å²) in [5, 5.41) is 0. The van der Waals surface area contributed by atoms with E-state index in [-0.39, 0.29) is 6.10 Å². The lowest BCUT2D eigenvalue weighted by molar-refractivity contribution is 0.182. The van der Waals surface area contributed by atoms with E-state index in [0.29, 0.717) is 0 Å². The number of nitrogens with zero attached hydrogens (tertiary/aromatic N) is 3. The molecule has 0 aliphatic carbocycles. The van der Waals surface area contributed by atoms with Gasteiger partial charge in [-0.25, -0.2) is 0 Å². The summed E-state index contributed by atoms with van der Waals surface area (Å²) in [6.45, 7) is 1.92. The fraction of sp³-hybridized carbons (Fsp3) is 0.238. The molecule has 0 bridgehead atoms. The van der Waals surface area contributed by atoms with Crippen molar-refractivity contribution in [3.63, 3.8) is 0 Å². The molecule has 0 fully saturated rings. The Morgan fingerprint density at radius 1 is 1.08 bits per heavy atom. The van der Waals surface area contributed by atoms with Crippen LogP contribution in [0.3, 0.4) is 0 Å². The highest BCUT2D eigenvalue weighted by Gasteiger charge is 2.23. The van der Waals surface area contributed by atoms with Gasteiger partial charge in [0, 0.05) is 37.5 Å². The molecule has 4 rings (SSSR count). The highest BCUT2D eigenvalue weighted by molar-refractivity contribution is 5.60. The summed E-state index contributed by atoms with van der Waals surface area (Å²) in [5.74, 6) is 0.918. The minimum atomic E-state index is 0.0678. The van der Waals surface area contributed by atoms with Crippen LogP contribution >= 0.6 is 0 Å². The van der Waals surface area contributed by atoms with Crippen LogP contribution in [-0.2, 0) is 6.54 Å². The monoisotopic (exact) mass is 331 g/mol. The average Bonchev–Trinajstić information content (AvgIpc) is 2.81. The van der Waals surface area contributed by atoms with Crippen molar-refractivity contribution in [2.75, 3.05) is 13.6 Å². The van der Waals surface area contributed by atoms with Crippen LogP contribution in [0.15, 0.2) is 67.1 Å². The molecule has 4 nitrogen and oxygen atoms in total. The molecule has 3 aromatic rings. The maximum Gasteiger partial charge on any atom is 0.125 e. The van der Waals surface area contributed by atoms with Gasteiger partial charge in [0.25, 0.3) is 0 Å². The lowest BCUT2D eigenvalue weighted by atomic mass is 9.98. The first-order valence-corrected chi connectivity index (χ1v) is 8.59. The molecule has 0 amide bonds. The van der Waals surface area contributed by atoms with E-state index in [0.717, 1.165) is 36.5 Å². The molecule has 1 atom stereocenters. The lowest BCUT2D eigenvalue weighted by Gasteiger charge is -2.20. The number of fused-ring (bicyclic) bond motifs is 1. The molecule has 25 heavy (non-hydrogen) atoms. The van der Waals surface area contributed by atoms with Gasteiger partial charge >= 0.3 is 0 Å². The second kappa shape index (κ2) is 7.03. The Morgan fingerprint density at radius 3 is 2.76 bits per heavy atom. The van der Waals surface area contributed by atoms with E-state index in [1.807, 2.05) is 30.3 Å². The van der Waals surface area contributed by atoms with Gasteiger partial charge < -0.3 is 9.64 Å². The van der Waals surface area contributed by atoms with Gasteiger partial charge in [0.15, 0.2) is 0 Å². The van der Waals surface area contributed by atoms with Gasteiger partial charge in [-0.05, 0) is 36.4 Å². The van der Waals surface area contributed by atoms with Crippen LogP contribution < -0.4 is 4.74 Å². The van der Waals surface area contributed by atoms with Gasteiger partial charge in [-0.1, -0.05) is 30.3 Å². The van der Waals surface area contributed by atoms with Crippen LogP contribution in [0.4, 0.5) is 0 Å². The van der Waals surface area contributed by atoms with Gasteiger partial charge in [-0.3, -0.25) is 9.97 Å². The van der Waals surface area contributed by atoms with E-state index >= 15 is 0 Å². The molecule has 1 unspecified atom stereocenters. The summed E-state index contributed by atoms with van der Waals surface area (Å²) in [6, 6.07) is 16.6. The Kier molecular flexibility index (Phi) is 4.44. The lowest BCUT2D eigenvalue weighted by Crippen LogP contribution is -2.18. The molecule has 0 saturated heterocycles. The maximum atomic E-state index is 6.30. The normalized spacial score (nSPS) is 17.6. The minimum Gasteiger partial charge on any atom is -0.486 e. The van der Waals surface area contributed by atoms with Crippen molar-refractivity contribution in [1.82, 2.24) is 14.9 Å². The summed E-state index contributed by atoms with van der Waals surface area (Å²) in [4.78, 5) is 10.9. The van der Waals surface area contributed by atoms with Crippen molar-refractivity contribution in [1.29, 1.82) is 0 Å². The van der Waals surface area contributed by atoms with E-state index in [1.165, 1.54) is 11.1 Å². The van der Waals surface area contributed by atoms with E-state index in [2.05, 4.69) is 40.1 Å². The maximum absolute atomic E-state index is 6.30. The third-order valence-electron chi connectivity index (χ3n) is 4.58. The highest BCUT2D eigenvalue weighted by Crippen LogP contribution is 2.33. The zero-order chi connectivity index (χ0) is 17.1. The molecular formula is C21H21N3O. The number of hydrogen-bond donors (Lipinski definition) is 0. The molecule has 2 aromatic carbocycles. The third kappa shape index (κ3) is 3.54. The number of aromatic nitrogens is 2. The fourth-order valence-electron chi connectivity index (χ4n) is 3.31. The first kappa shape index (κ1) is 15.8. The second-order valence-electron chi connectivity index (χ2n) is 6.45. The van der Waals surface area contributed by atoms with E-state index < -0.39 is 0 Å². The first-order valence-electron chi connectivity index (χ1n) is 8.59. The topological polar surface area (TPSA) is 38.2 Å². The molecule has 0 radical (unpaired) electrons. The molecule has 0 spiro atoms. The molecule has 4 heteroatoms. The average molecular weight is 331 g/mol. The van der Waals surface area contributed by atoms with Crippen LogP contribution in [0.2, 0.25) is 0 Å². The van der Waals surface area contributed by atoms with Gasteiger partial charge in [0.2, 0.25) is 0 Å². The third-order valence-corrected chi connectivity index (χ3v) is 4.58. The summed E-state index contributed by atoms with van der Waals surface area (Å²) < 4.78 is 6.30. The van der Waals surface area contributed by atoms with Crippen LogP contribution in [-0.4, -0.2) is 28.5 Å². The smallest absolute Gasteiger partial charge is 0.125 e. The predicted molar refractivity (Wildman–Crippen MR) is 98.2 cm³/mol. The standard InChI is InChI=1S/C21H21N3O/c1-24-12-9-21(25-18-5-3-2-4-6-18)19-8-7-16(13-17(19)15-24)20-14-22-10-11-23-20/h2-8,10-11,13-14,21H,9,12,15H2,1H3.